The van der Waals surface area contributed by atoms with Crippen LogP contribution in [0.2, 0.25) is 0 Å². The summed E-state index contributed by atoms with van der Waals surface area (Å²) >= 11 is 0. The third-order valence-electron chi connectivity index (χ3n) is 4.31. The van der Waals surface area contributed by atoms with Gasteiger partial charge >= 0.3 is 0 Å². The van der Waals surface area contributed by atoms with Gasteiger partial charge in [0.15, 0.2) is 0 Å². The van der Waals surface area contributed by atoms with Crippen LogP contribution in [-0.2, 0) is 9.59 Å². The Morgan fingerprint density at radius 3 is 2.41 bits per heavy atom. The van der Waals surface area contributed by atoms with E-state index in [-0.39, 0.29) is 24.4 Å². The van der Waals surface area contributed by atoms with E-state index in [0.717, 1.165) is 25.7 Å². The molecular formula is C13H22N2O2. The number of nitrogens with zero attached hydrogens (tertiary/aromatic N) is 1. The highest BCUT2D eigenvalue weighted by Gasteiger charge is 2.56. The predicted molar refractivity (Wildman–Crippen MR) is 65.4 cm³/mol. The average molecular weight is 238 g/mol. The maximum Gasteiger partial charge on any atom is 0.246 e. The molecule has 1 aliphatic heterocycles. The molecule has 1 saturated carbocycles. The number of carbonyl (C=O) groups excluding carboxylic acids is 2. The Hall–Kier alpha value is -1.06. The molecule has 4 heteroatoms. The molecule has 1 saturated heterocycles. The predicted octanol–water partition coefficient (Wildman–Crippen LogP) is 1.30. The number of rotatable bonds is 4. The molecular weight excluding hydrogens is 216 g/mol. The van der Waals surface area contributed by atoms with Gasteiger partial charge in [0.25, 0.3) is 0 Å². The summed E-state index contributed by atoms with van der Waals surface area (Å²) in [7, 11) is 0. The minimum atomic E-state index is -0.605. The fraction of sp³-hybridized carbons (Fsp3) is 0.846. The fourth-order valence-corrected chi connectivity index (χ4v) is 3.05. The van der Waals surface area contributed by atoms with Crippen LogP contribution in [0, 0.1) is 5.92 Å². The van der Waals surface area contributed by atoms with E-state index in [0.29, 0.717) is 5.92 Å². The number of carbonyl (C=O) groups is 2. The van der Waals surface area contributed by atoms with Crippen molar-refractivity contribution in [3.8, 4) is 0 Å². The Kier molecular flexibility index (Phi) is 3.15. The van der Waals surface area contributed by atoms with Crippen molar-refractivity contribution < 1.29 is 9.59 Å². The lowest BCUT2D eigenvalue weighted by molar-refractivity contribution is -0.158. The summed E-state index contributed by atoms with van der Waals surface area (Å²) in [5.41, 5.74) is -0.605. The molecule has 1 heterocycles. The summed E-state index contributed by atoms with van der Waals surface area (Å²) in [5.74, 6) is 0.464. The Morgan fingerprint density at radius 1 is 1.35 bits per heavy atom. The van der Waals surface area contributed by atoms with Crippen LogP contribution in [0.25, 0.3) is 0 Å². The maximum absolute atomic E-state index is 12.2. The molecule has 0 aromatic rings. The van der Waals surface area contributed by atoms with Crippen LogP contribution in [0.1, 0.15) is 46.5 Å². The van der Waals surface area contributed by atoms with Gasteiger partial charge in [-0.15, -0.1) is 0 Å². The Balaban J connectivity index is 2.34. The average Bonchev–Trinajstić information content (AvgIpc) is 3.14. The van der Waals surface area contributed by atoms with Crippen LogP contribution in [0.3, 0.4) is 0 Å². The SMILES string of the molecule is CCC(CC)N1C(=O)CNC(=O)C1(C)C1CC1. The number of hydrogen-bond acceptors (Lipinski definition) is 2. The summed E-state index contributed by atoms with van der Waals surface area (Å²) < 4.78 is 0. The molecule has 2 rings (SSSR count). The van der Waals surface area contributed by atoms with Gasteiger partial charge in [-0.25, -0.2) is 0 Å². The van der Waals surface area contributed by atoms with Crippen LogP contribution in [0.4, 0.5) is 0 Å². The molecule has 0 aromatic carbocycles. The van der Waals surface area contributed by atoms with E-state index in [2.05, 4.69) is 19.2 Å². The van der Waals surface area contributed by atoms with Crippen molar-refractivity contribution in [3.05, 3.63) is 0 Å². The van der Waals surface area contributed by atoms with Crippen LogP contribution in [-0.4, -0.2) is 34.8 Å². The lowest BCUT2D eigenvalue weighted by atomic mass is 9.87. The molecule has 1 N–H and O–H groups in total. The Morgan fingerprint density at radius 2 is 1.94 bits per heavy atom. The topological polar surface area (TPSA) is 49.4 Å². The van der Waals surface area contributed by atoms with E-state index in [4.69, 9.17) is 0 Å². The first-order chi connectivity index (χ1) is 8.05. The third-order valence-corrected chi connectivity index (χ3v) is 4.31. The van der Waals surface area contributed by atoms with Gasteiger partial charge in [-0.1, -0.05) is 13.8 Å². The van der Waals surface area contributed by atoms with Gasteiger partial charge in [-0.2, -0.15) is 0 Å². The standard InChI is InChI=1S/C13H22N2O2/c1-4-10(5-2)15-11(16)8-14-12(17)13(15,3)9-6-7-9/h9-10H,4-8H2,1-3H3,(H,14,17). The zero-order valence-corrected chi connectivity index (χ0v) is 11.0. The lowest BCUT2D eigenvalue weighted by Crippen LogP contribution is -2.69. The van der Waals surface area contributed by atoms with Gasteiger partial charge in [0, 0.05) is 6.04 Å². The largest absolute Gasteiger partial charge is 0.345 e. The first-order valence-electron chi connectivity index (χ1n) is 6.66. The van der Waals surface area contributed by atoms with Gasteiger partial charge in [0.2, 0.25) is 11.8 Å². The molecule has 2 aliphatic rings. The van der Waals surface area contributed by atoms with Crippen molar-refractivity contribution >= 4 is 11.8 Å². The van der Waals surface area contributed by atoms with Crippen molar-refractivity contribution in [3.63, 3.8) is 0 Å². The second-order valence-corrected chi connectivity index (χ2v) is 5.34. The second-order valence-electron chi connectivity index (χ2n) is 5.34. The van der Waals surface area contributed by atoms with Crippen LogP contribution < -0.4 is 5.32 Å². The smallest absolute Gasteiger partial charge is 0.246 e. The molecule has 4 nitrogen and oxygen atoms in total. The molecule has 0 radical (unpaired) electrons. The monoisotopic (exact) mass is 238 g/mol. The molecule has 2 amide bonds. The first kappa shape index (κ1) is 12.4. The first-order valence-corrected chi connectivity index (χ1v) is 6.66. The van der Waals surface area contributed by atoms with Gasteiger partial charge < -0.3 is 10.2 Å². The third kappa shape index (κ3) is 1.83. The molecule has 2 fully saturated rings. The van der Waals surface area contributed by atoms with Crippen LogP contribution >= 0.6 is 0 Å². The number of amides is 2. The second kappa shape index (κ2) is 4.31. The Bertz CT molecular complexity index is 334. The van der Waals surface area contributed by atoms with Crippen molar-refractivity contribution in [1.29, 1.82) is 0 Å². The quantitative estimate of drug-likeness (QED) is 0.802. The summed E-state index contributed by atoms with van der Waals surface area (Å²) in [5, 5.41) is 2.75. The van der Waals surface area contributed by atoms with Crippen LogP contribution in [0.15, 0.2) is 0 Å². The molecule has 1 atom stereocenters. The number of piperazine rings is 1. The van der Waals surface area contributed by atoms with Crippen LogP contribution in [0.5, 0.6) is 0 Å². The van der Waals surface area contributed by atoms with E-state index >= 15 is 0 Å². The number of nitrogens with one attached hydrogen (secondary N) is 1. The summed E-state index contributed by atoms with van der Waals surface area (Å²) in [6, 6.07) is 0.194. The zero-order valence-electron chi connectivity index (χ0n) is 11.0. The fourth-order valence-electron chi connectivity index (χ4n) is 3.05. The summed E-state index contributed by atoms with van der Waals surface area (Å²) in [6.07, 6.45) is 3.96. The van der Waals surface area contributed by atoms with Crippen molar-refractivity contribution in [2.75, 3.05) is 6.54 Å². The molecule has 1 unspecified atom stereocenters. The lowest BCUT2D eigenvalue weighted by Gasteiger charge is -2.47. The van der Waals surface area contributed by atoms with Crippen molar-refractivity contribution in [1.82, 2.24) is 10.2 Å². The summed E-state index contributed by atoms with van der Waals surface area (Å²) in [6.45, 7) is 6.27. The van der Waals surface area contributed by atoms with Gasteiger partial charge in [-0.3, -0.25) is 9.59 Å². The van der Waals surface area contributed by atoms with E-state index in [9.17, 15) is 9.59 Å². The maximum atomic E-state index is 12.2. The minimum absolute atomic E-state index is 0.0338. The van der Waals surface area contributed by atoms with Crippen molar-refractivity contribution in [2.45, 2.75) is 58.0 Å². The molecule has 96 valence electrons. The van der Waals surface area contributed by atoms with E-state index < -0.39 is 5.54 Å². The van der Waals surface area contributed by atoms with Gasteiger partial charge in [0.05, 0.1) is 6.54 Å². The van der Waals surface area contributed by atoms with Gasteiger partial charge in [0.1, 0.15) is 5.54 Å². The summed E-state index contributed by atoms with van der Waals surface area (Å²) in [4.78, 5) is 26.2. The number of hydrogen-bond donors (Lipinski definition) is 1. The van der Waals surface area contributed by atoms with E-state index in [1.165, 1.54) is 0 Å². The highest BCUT2D eigenvalue weighted by molar-refractivity contribution is 5.98. The highest BCUT2D eigenvalue weighted by Crippen LogP contribution is 2.45. The molecule has 0 bridgehead atoms. The molecule has 0 spiro atoms. The van der Waals surface area contributed by atoms with Crippen molar-refractivity contribution in [2.24, 2.45) is 5.92 Å². The van der Waals surface area contributed by atoms with E-state index in [1.807, 2.05) is 11.8 Å². The van der Waals surface area contributed by atoms with Gasteiger partial charge in [-0.05, 0) is 38.5 Å². The van der Waals surface area contributed by atoms with E-state index in [1.54, 1.807) is 0 Å². The normalized spacial score (nSPS) is 29.8. The Labute approximate surface area is 103 Å². The highest BCUT2D eigenvalue weighted by atomic mass is 16.2. The molecule has 17 heavy (non-hydrogen) atoms. The molecule has 1 aliphatic carbocycles. The minimum Gasteiger partial charge on any atom is -0.345 e. The molecule has 0 aromatic heterocycles. The zero-order chi connectivity index (χ0) is 12.6.